The highest BCUT2D eigenvalue weighted by atomic mass is 32.2. The SMILES string of the molecule is Cc1cc(C)c(-c2ccccc2-c2c3c(cc4c2Sc2cc(N(c5ccccc5)c5ccccc5)cc5c2B4c2ccccc2N5c2ccccc2)B2c4ccccc4N(c4ccccc4)c4cc(N(c5ccccc5)c5ccccc5)cc(c42)O3)c(C)c1. The minimum atomic E-state index is -0.215. The van der Waals surface area contributed by atoms with Crippen LogP contribution in [0.3, 0.4) is 0 Å². The first-order valence-corrected chi connectivity index (χ1v) is 31.5. The number of para-hydroxylation sites is 8. The molecule has 0 saturated heterocycles. The minimum Gasteiger partial charge on any atom is -0.458 e. The van der Waals surface area contributed by atoms with Gasteiger partial charge in [-0.05, 0) is 179 Å². The summed E-state index contributed by atoms with van der Waals surface area (Å²) < 4.78 is 8.14. The van der Waals surface area contributed by atoms with E-state index in [0.29, 0.717) is 0 Å². The Balaban J connectivity index is 0.995. The normalized spacial score (nSPS) is 12.8. The molecule has 13 aromatic carbocycles. The van der Waals surface area contributed by atoms with Gasteiger partial charge in [-0.15, -0.1) is 0 Å². The van der Waals surface area contributed by atoms with Gasteiger partial charge < -0.3 is 24.3 Å². The molecular formula is C81H58B2N4OS. The molecule has 0 atom stereocenters. The molecule has 89 heavy (non-hydrogen) atoms. The van der Waals surface area contributed by atoms with E-state index in [1.54, 1.807) is 0 Å². The maximum atomic E-state index is 8.14. The lowest BCUT2D eigenvalue weighted by Gasteiger charge is -2.44. The summed E-state index contributed by atoms with van der Waals surface area (Å²) in [6.07, 6.45) is 0. The summed E-state index contributed by atoms with van der Waals surface area (Å²) in [5, 5.41) is 0. The van der Waals surface area contributed by atoms with Crippen molar-refractivity contribution in [1.82, 2.24) is 0 Å². The lowest BCUT2D eigenvalue weighted by Crippen LogP contribution is -2.63. The van der Waals surface area contributed by atoms with E-state index in [2.05, 4.69) is 338 Å². The average Bonchev–Trinajstić information content (AvgIpc) is 0.713. The van der Waals surface area contributed by atoms with Crippen LogP contribution in [0, 0.1) is 20.8 Å². The topological polar surface area (TPSA) is 22.2 Å². The van der Waals surface area contributed by atoms with Crippen LogP contribution in [0.5, 0.6) is 11.5 Å². The molecule has 4 aliphatic rings. The molecule has 5 nitrogen and oxygen atoms in total. The van der Waals surface area contributed by atoms with Crippen molar-refractivity contribution in [3.05, 3.63) is 314 Å². The Kier molecular flexibility index (Phi) is 12.6. The quantitative estimate of drug-likeness (QED) is 0.126. The first kappa shape index (κ1) is 52.7. The van der Waals surface area contributed by atoms with Crippen molar-refractivity contribution in [1.29, 1.82) is 0 Å². The number of fused-ring (bicyclic) bond motifs is 8. The first-order valence-electron chi connectivity index (χ1n) is 30.7. The van der Waals surface area contributed by atoms with Crippen LogP contribution < -0.4 is 57.1 Å². The lowest BCUT2D eigenvalue weighted by molar-refractivity contribution is 0.488. The second kappa shape index (κ2) is 21.3. The van der Waals surface area contributed by atoms with Crippen LogP contribution in [-0.2, 0) is 0 Å². The smallest absolute Gasteiger partial charge is 0.256 e. The fourth-order valence-electron chi connectivity index (χ4n) is 14.9. The third kappa shape index (κ3) is 8.57. The number of hydrogen-bond acceptors (Lipinski definition) is 6. The van der Waals surface area contributed by atoms with E-state index in [-0.39, 0.29) is 13.4 Å². The molecule has 8 heteroatoms. The van der Waals surface area contributed by atoms with Gasteiger partial charge in [-0.2, -0.15) is 0 Å². The van der Waals surface area contributed by atoms with Crippen molar-refractivity contribution in [2.24, 2.45) is 0 Å². The Labute approximate surface area is 525 Å². The van der Waals surface area contributed by atoms with Gasteiger partial charge in [0, 0.05) is 84.0 Å². The van der Waals surface area contributed by atoms with Crippen LogP contribution >= 0.6 is 11.8 Å². The zero-order chi connectivity index (χ0) is 59.3. The molecule has 0 saturated carbocycles. The molecule has 0 bridgehead atoms. The molecule has 0 aliphatic carbocycles. The fraction of sp³-hybridized carbons (Fsp3) is 0.0370. The van der Waals surface area contributed by atoms with Crippen molar-refractivity contribution in [2.75, 3.05) is 19.6 Å². The summed E-state index contributed by atoms with van der Waals surface area (Å²) in [5.74, 6) is 1.71. The fourth-order valence-corrected chi connectivity index (χ4v) is 16.2. The van der Waals surface area contributed by atoms with E-state index >= 15 is 0 Å². The highest BCUT2D eigenvalue weighted by Crippen LogP contribution is 2.54. The maximum absolute atomic E-state index is 8.14. The predicted molar refractivity (Wildman–Crippen MR) is 377 cm³/mol. The van der Waals surface area contributed by atoms with E-state index < -0.39 is 0 Å². The average molecular weight is 1160 g/mol. The van der Waals surface area contributed by atoms with Crippen molar-refractivity contribution < 1.29 is 4.74 Å². The largest absolute Gasteiger partial charge is 0.458 e. The maximum Gasteiger partial charge on any atom is 0.256 e. The zero-order valence-corrected chi connectivity index (χ0v) is 50.4. The molecule has 4 heterocycles. The van der Waals surface area contributed by atoms with Gasteiger partial charge in [0.05, 0.1) is 5.69 Å². The van der Waals surface area contributed by atoms with Crippen LogP contribution in [0.15, 0.2) is 307 Å². The molecule has 0 radical (unpaired) electrons. The first-order chi connectivity index (χ1) is 43.9. The molecule has 0 N–H and O–H groups in total. The van der Waals surface area contributed by atoms with E-state index in [1.807, 2.05) is 11.8 Å². The minimum absolute atomic E-state index is 0.157. The molecule has 0 fully saturated rings. The molecule has 13 aromatic rings. The second-order valence-corrected chi connectivity index (χ2v) is 24.8. The van der Waals surface area contributed by atoms with Gasteiger partial charge >= 0.3 is 0 Å². The highest BCUT2D eigenvalue weighted by molar-refractivity contribution is 8.00. The monoisotopic (exact) mass is 1160 g/mol. The summed E-state index contributed by atoms with van der Waals surface area (Å²) in [5.41, 5.74) is 28.8. The number of benzene rings is 13. The van der Waals surface area contributed by atoms with Crippen LogP contribution in [0.25, 0.3) is 22.3 Å². The van der Waals surface area contributed by atoms with Gasteiger partial charge in [0.2, 0.25) is 6.71 Å². The molecule has 0 amide bonds. The Morgan fingerprint density at radius 1 is 0.337 bits per heavy atom. The van der Waals surface area contributed by atoms with Gasteiger partial charge in [0.15, 0.2) is 0 Å². The van der Waals surface area contributed by atoms with Crippen LogP contribution in [0.4, 0.5) is 68.2 Å². The summed E-state index contributed by atoms with van der Waals surface area (Å²) in [7, 11) is 0. The molecule has 0 unspecified atom stereocenters. The highest BCUT2D eigenvalue weighted by Gasteiger charge is 2.48. The van der Waals surface area contributed by atoms with E-state index in [9.17, 15) is 0 Å². The predicted octanol–water partition coefficient (Wildman–Crippen LogP) is 18.1. The van der Waals surface area contributed by atoms with E-state index in [4.69, 9.17) is 4.74 Å². The number of anilines is 12. The summed E-state index contributed by atoms with van der Waals surface area (Å²) in [4.78, 5) is 12.2. The van der Waals surface area contributed by atoms with Gasteiger partial charge in [0.1, 0.15) is 11.5 Å². The van der Waals surface area contributed by atoms with E-state index in [1.165, 1.54) is 59.5 Å². The number of ether oxygens (including phenoxy) is 1. The Morgan fingerprint density at radius 3 is 1.24 bits per heavy atom. The molecule has 4 aliphatic heterocycles. The standard InChI is InChI=1S/C81H58B2N4OS/c1-53-46-54(2)76(55(3)47-53)64-40-22-23-41-65(64)77-80-68(82-66-42-24-26-44-70(66)86(60-36-18-8-19-37-60)72-48-62(50-74(88-80)78(72)82)84(56-28-10-4-11-29-56)57-30-12-5-13-31-57)52-69-81(77)89-75-51-63(85(58-32-14-6-15-33-58)59-34-16-7-17-35-59)49-73-79(75)83(69)67-43-25-27-45-71(67)87(73)61-38-20-9-21-39-61/h4-52H,1-3H3. The Bertz CT molecular complexity index is 4560. The number of aryl methyl sites for hydroxylation is 3. The molecule has 0 spiro atoms. The molecule has 0 aromatic heterocycles. The molecular weight excluding hydrogens is 1100 g/mol. The van der Waals surface area contributed by atoms with Gasteiger partial charge in [-0.1, -0.05) is 211 Å². The van der Waals surface area contributed by atoms with Crippen LogP contribution in [-0.4, -0.2) is 13.4 Å². The summed E-state index contributed by atoms with van der Waals surface area (Å²) in [6, 6.07) is 109. The van der Waals surface area contributed by atoms with E-state index in [0.717, 1.165) is 102 Å². The number of nitrogens with zero attached hydrogens (tertiary/aromatic N) is 4. The zero-order valence-electron chi connectivity index (χ0n) is 49.6. The summed E-state index contributed by atoms with van der Waals surface area (Å²) in [6.45, 7) is 6.39. The third-order valence-corrected chi connectivity index (χ3v) is 19.5. The van der Waals surface area contributed by atoms with Crippen molar-refractivity contribution in [2.45, 2.75) is 30.6 Å². The van der Waals surface area contributed by atoms with Gasteiger partial charge in [0.25, 0.3) is 6.71 Å². The van der Waals surface area contributed by atoms with Gasteiger partial charge in [-0.25, -0.2) is 0 Å². The molecule has 17 rings (SSSR count). The van der Waals surface area contributed by atoms with Crippen molar-refractivity contribution in [3.8, 4) is 33.8 Å². The van der Waals surface area contributed by atoms with Gasteiger partial charge in [-0.3, -0.25) is 0 Å². The van der Waals surface area contributed by atoms with Crippen molar-refractivity contribution in [3.63, 3.8) is 0 Å². The third-order valence-electron chi connectivity index (χ3n) is 18.3. The Morgan fingerprint density at radius 2 is 0.742 bits per heavy atom. The summed E-state index contributed by atoms with van der Waals surface area (Å²) >= 11 is 1.90. The molecule has 420 valence electrons. The van der Waals surface area contributed by atoms with Crippen LogP contribution in [0.2, 0.25) is 0 Å². The lowest BCUT2D eigenvalue weighted by atomic mass is 9.31. The van der Waals surface area contributed by atoms with Crippen molar-refractivity contribution >= 4 is 126 Å². The number of hydrogen-bond donors (Lipinski definition) is 0. The number of rotatable bonds is 10. The Hall–Kier alpha value is -10.7. The van der Waals surface area contributed by atoms with Crippen LogP contribution in [0.1, 0.15) is 16.7 Å². The second-order valence-electron chi connectivity index (χ2n) is 23.7.